The third-order valence-electron chi connectivity index (χ3n) is 6.42. The number of ether oxygens (including phenoxy) is 3. The first-order chi connectivity index (χ1) is 26.1. The van der Waals surface area contributed by atoms with E-state index in [1.165, 1.54) is 23.8 Å². The van der Waals surface area contributed by atoms with Crippen LogP contribution in [0.5, 0.6) is 11.8 Å². The highest BCUT2D eigenvalue weighted by molar-refractivity contribution is 7.90. The number of alkyl halides is 7. The first kappa shape index (κ1) is 44.7. The van der Waals surface area contributed by atoms with E-state index in [0.29, 0.717) is 10.7 Å². The number of aryl methyl sites for hydroxylation is 1. The van der Waals surface area contributed by atoms with Gasteiger partial charge in [-0.3, -0.25) is 10.1 Å². The van der Waals surface area contributed by atoms with Gasteiger partial charge in [0.2, 0.25) is 17.7 Å². The van der Waals surface area contributed by atoms with Gasteiger partial charge < -0.3 is 19.3 Å². The molecule has 2 aromatic heterocycles. The molecule has 304 valence electrons. The molecule has 3 N–H and O–H groups in total. The predicted molar refractivity (Wildman–Crippen MR) is 177 cm³/mol. The second-order valence-electron chi connectivity index (χ2n) is 10.2. The number of rotatable bonds is 14. The second-order valence-corrected chi connectivity index (χ2v) is 12.8. The number of hydrogen-bond donors (Lipinski definition) is 3. The highest BCUT2D eigenvalue weighted by atomic mass is 35.5. The Morgan fingerprint density at radius 1 is 0.982 bits per heavy atom. The molecule has 4 rings (SSSR count). The maximum absolute atomic E-state index is 14.2. The maximum atomic E-state index is 14.2. The number of halogens is 9. The van der Waals surface area contributed by atoms with Crippen LogP contribution in [-0.2, 0) is 26.0 Å². The summed E-state index contributed by atoms with van der Waals surface area (Å²) in [4.78, 5) is 52.6. The zero-order chi connectivity index (χ0) is 42.1. The monoisotopic (exact) mass is 865 g/mol. The number of benzene rings is 2. The van der Waals surface area contributed by atoms with E-state index in [1.54, 1.807) is 12.2 Å². The van der Waals surface area contributed by atoms with Crippen molar-refractivity contribution in [1.29, 1.82) is 0 Å². The summed E-state index contributed by atoms with van der Waals surface area (Å²) in [7, 11) is -4.71. The third kappa shape index (κ3) is 11.9. The molecule has 4 aromatic rings. The van der Waals surface area contributed by atoms with E-state index in [4.69, 9.17) is 33.0 Å². The number of nitrogens with zero attached hydrogens (tertiary/aromatic N) is 5. The molecule has 0 aliphatic heterocycles. The molecule has 17 nitrogen and oxygen atoms in total. The van der Waals surface area contributed by atoms with Gasteiger partial charge in [0.1, 0.15) is 21.8 Å². The van der Waals surface area contributed by atoms with Crippen molar-refractivity contribution in [3.63, 3.8) is 0 Å². The van der Waals surface area contributed by atoms with Crippen molar-refractivity contribution in [2.75, 3.05) is 11.9 Å². The van der Waals surface area contributed by atoms with Gasteiger partial charge in [0, 0.05) is 11.4 Å². The number of aromatic nitrogens is 5. The number of nitrogens with one attached hydrogen (secondary N) is 2. The molecule has 1 unspecified atom stereocenters. The van der Waals surface area contributed by atoms with Crippen LogP contribution in [0, 0.1) is 12.7 Å². The van der Waals surface area contributed by atoms with Crippen molar-refractivity contribution in [1.82, 2.24) is 29.0 Å². The number of amides is 2. The van der Waals surface area contributed by atoms with E-state index in [9.17, 15) is 58.3 Å². The number of carboxylic acids is 1. The zero-order valence-electron chi connectivity index (χ0n) is 27.9. The first-order valence-electron chi connectivity index (χ1n) is 14.8. The van der Waals surface area contributed by atoms with Gasteiger partial charge in [0.15, 0.2) is 5.82 Å². The Morgan fingerprint density at radius 2 is 1.57 bits per heavy atom. The predicted octanol–water partition coefficient (Wildman–Crippen LogP) is 5.13. The lowest BCUT2D eigenvalue weighted by atomic mass is 10.1. The highest BCUT2D eigenvalue weighted by Gasteiger charge is 2.26. The average molecular weight is 867 g/mol. The fourth-order valence-electron chi connectivity index (χ4n) is 4.21. The van der Waals surface area contributed by atoms with Crippen molar-refractivity contribution in [2.45, 2.75) is 50.3 Å². The molecule has 0 fully saturated rings. The molecule has 27 heteroatoms. The molecule has 0 saturated heterocycles. The Labute approximate surface area is 319 Å². The van der Waals surface area contributed by atoms with Crippen molar-refractivity contribution in [3.05, 3.63) is 80.7 Å². The van der Waals surface area contributed by atoms with Crippen LogP contribution in [0.3, 0.4) is 0 Å². The summed E-state index contributed by atoms with van der Waals surface area (Å²) in [5, 5.41) is 13.3. The minimum absolute atomic E-state index is 0.0424. The van der Waals surface area contributed by atoms with Gasteiger partial charge in [0.05, 0.1) is 18.2 Å². The van der Waals surface area contributed by atoms with E-state index >= 15 is 0 Å². The largest absolute Gasteiger partial charge is 0.478 e. The molecular formula is C29H24Cl2F7N7O10S. The first-order valence-corrected chi connectivity index (χ1v) is 17.1. The molecule has 2 amide bonds. The number of esters is 1. The molecule has 0 bridgehead atoms. The Balaban J connectivity index is 0.000000303. The molecule has 0 saturated carbocycles. The van der Waals surface area contributed by atoms with Crippen molar-refractivity contribution in [3.8, 4) is 17.4 Å². The highest BCUT2D eigenvalue weighted by Crippen LogP contribution is 2.26. The molecule has 2 heterocycles. The lowest BCUT2D eigenvalue weighted by molar-refractivity contribution is -0.142. The number of sulfonamides is 1. The van der Waals surface area contributed by atoms with Crippen LogP contribution < -0.4 is 25.2 Å². The van der Waals surface area contributed by atoms with Crippen LogP contribution in [-0.4, -0.2) is 81.0 Å². The summed E-state index contributed by atoms with van der Waals surface area (Å²) in [6.07, 6.45) is -0.115. The molecule has 0 radical (unpaired) electrons. The topological polar surface area (TPSA) is 223 Å². The molecule has 0 aliphatic rings. The fraction of sp³-hybridized carbons (Fsp3) is 0.276. The zero-order valence-corrected chi connectivity index (χ0v) is 30.3. The van der Waals surface area contributed by atoms with Crippen molar-refractivity contribution >= 4 is 57.1 Å². The summed E-state index contributed by atoms with van der Waals surface area (Å²) < 4.78 is 129. The maximum Gasteiger partial charge on any atom is 0.388 e. The second kappa shape index (κ2) is 19.3. The van der Waals surface area contributed by atoms with Crippen LogP contribution >= 0.6 is 23.2 Å². The van der Waals surface area contributed by atoms with E-state index < -0.39 is 92.8 Å². The molecule has 2 aromatic carbocycles. The van der Waals surface area contributed by atoms with Crippen molar-refractivity contribution < 1.29 is 72.9 Å². The van der Waals surface area contributed by atoms with Gasteiger partial charge >= 0.3 is 43.4 Å². The van der Waals surface area contributed by atoms with Crippen LogP contribution in [0.1, 0.15) is 35.2 Å². The van der Waals surface area contributed by atoms with Gasteiger partial charge in [0.25, 0.3) is 10.0 Å². The average Bonchev–Trinajstić information content (AvgIpc) is 3.38. The number of anilines is 1. The number of hydrogen-bond acceptors (Lipinski definition) is 12. The van der Waals surface area contributed by atoms with Gasteiger partial charge in [-0.25, -0.2) is 36.5 Å². The van der Waals surface area contributed by atoms with E-state index in [1.807, 2.05) is 0 Å². The summed E-state index contributed by atoms with van der Waals surface area (Å²) in [6.45, 7) is -7.01. The number of carbonyl (C=O) groups is 3. The van der Waals surface area contributed by atoms with E-state index in [2.05, 4.69) is 24.5 Å². The Kier molecular flexibility index (Phi) is 15.4. The van der Waals surface area contributed by atoms with Crippen LogP contribution in [0.15, 0.2) is 52.2 Å². The lowest BCUT2D eigenvalue weighted by Gasteiger charge is -2.12. The fourth-order valence-corrected chi connectivity index (χ4v) is 5.78. The standard InChI is InChI=1S/C15H14Cl2F3N3O3.C14H10F4N4O7S/c1-3-26-13(24)10(17)4-8-5-12(11(18)6-9(8)16)23-15(25)22(14(19)20)7(2)21-23;15-11(16)28-8-5-9(29-12(17)18)20-13(19-8)21-14(25)22-30(26,27)7-4-2-1-3-6(7)10(23)24/h5-6,10,14H,3-4H2,1-2H3;1-5,11-12H,(H,23,24)(H2,19,20,21,22,25). The summed E-state index contributed by atoms with van der Waals surface area (Å²) in [5.41, 5.74) is -2.01. The summed E-state index contributed by atoms with van der Waals surface area (Å²) in [6, 6.07) is 5.25. The molecule has 56 heavy (non-hydrogen) atoms. The summed E-state index contributed by atoms with van der Waals surface area (Å²) >= 11 is 11.9. The molecule has 0 spiro atoms. The smallest absolute Gasteiger partial charge is 0.388 e. The number of carboxylic acid groups (broad SMARTS) is 1. The lowest BCUT2D eigenvalue weighted by Crippen LogP contribution is -2.35. The molecule has 0 aliphatic carbocycles. The Bertz CT molecular complexity index is 2220. The van der Waals surface area contributed by atoms with Crippen molar-refractivity contribution in [2.24, 2.45) is 0 Å². The van der Waals surface area contributed by atoms with Gasteiger partial charge in [-0.15, -0.1) is 16.7 Å². The summed E-state index contributed by atoms with van der Waals surface area (Å²) in [5.74, 6) is -6.38. The van der Waals surface area contributed by atoms with Gasteiger partial charge in [-0.05, 0) is 43.7 Å². The van der Waals surface area contributed by atoms with Gasteiger partial charge in [-0.1, -0.05) is 23.7 Å². The van der Waals surface area contributed by atoms with E-state index in [-0.39, 0.29) is 39.7 Å². The number of aromatic carboxylic acids is 1. The number of carbonyl (C=O) groups excluding carboxylic acids is 2. The van der Waals surface area contributed by atoms with Crippen LogP contribution in [0.25, 0.3) is 5.69 Å². The molecule has 1 atom stereocenters. The Hall–Kier alpha value is -5.69. The quantitative estimate of drug-likeness (QED) is 0.0851. The van der Waals surface area contributed by atoms with Gasteiger partial charge in [-0.2, -0.15) is 41.0 Å². The van der Waals surface area contributed by atoms with Crippen LogP contribution in [0.2, 0.25) is 5.02 Å². The third-order valence-corrected chi connectivity index (χ3v) is 8.49. The number of urea groups is 1. The SMILES string of the molecule is CCOC(=O)C(Cl)Cc1cc(-n2nc(C)n(C(F)F)c2=O)c(F)cc1Cl.O=C(Nc1nc(OC(F)F)cc(OC(F)F)n1)NS(=O)(=O)c1ccccc1C(=O)O. The Morgan fingerprint density at radius 3 is 2.09 bits per heavy atom. The van der Waals surface area contributed by atoms with E-state index in [0.717, 1.165) is 24.3 Å². The molecular weight excluding hydrogens is 842 g/mol. The van der Waals surface area contributed by atoms with Crippen LogP contribution in [0.4, 0.5) is 41.5 Å². The minimum Gasteiger partial charge on any atom is -0.478 e. The minimum atomic E-state index is -4.71. The normalized spacial score (nSPS) is 11.8.